The average molecular weight is 437 g/mol. The molecule has 3 rings (SSSR count). The largest absolute Gasteiger partial charge is 0.438 e. The minimum Gasteiger partial charge on any atom is -0.438 e. The summed E-state index contributed by atoms with van der Waals surface area (Å²) in [7, 11) is -3.77. The molecule has 0 aliphatic heterocycles. The number of ether oxygens (including phenoxy) is 1. The molecule has 0 radical (unpaired) electrons. The fourth-order valence-corrected chi connectivity index (χ4v) is 4.23. The van der Waals surface area contributed by atoms with Gasteiger partial charge < -0.3 is 4.74 Å². The number of rotatable bonds is 5. The Kier molecular flexibility index (Phi) is 5.01. The number of aryl methyl sites for hydroxylation is 3. The van der Waals surface area contributed by atoms with Gasteiger partial charge in [-0.1, -0.05) is 6.07 Å². The molecule has 3 aromatic rings. The third-order valence-corrected chi connectivity index (χ3v) is 5.95. The van der Waals surface area contributed by atoms with Crippen LogP contribution in [0.5, 0.6) is 11.6 Å². The molecule has 0 unspecified atom stereocenters. The van der Waals surface area contributed by atoms with Crippen molar-refractivity contribution in [3.8, 4) is 11.6 Å². The fourth-order valence-electron chi connectivity index (χ4n) is 2.47. The number of hydrogen-bond donors (Lipinski definition) is 2. The van der Waals surface area contributed by atoms with Gasteiger partial charge in [0, 0.05) is 12.3 Å². The molecular formula is C17H17BrN4O3S. The summed E-state index contributed by atoms with van der Waals surface area (Å²) in [5.74, 6) is 0.905. The second-order valence-corrected chi connectivity index (χ2v) is 8.21. The van der Waals surface area contributed by atoms with Gasteiger partial charge in [0.1, 0.15) is 10.6 Å². The highest BCUT2D eigenvalue weighted by molar-refractivity contribution is 9.10. The van der Waals surface area contributed by atoms with Crippen molar-refractivity contribution in [1.82, 2.24) is 15.2 Å². The van der Waals surface area contributed by atoms with Crippen molar-refractivity contribution in [2.45, 2.75) is 25.7 Å². The first-order valence-electron chi connectivity index (χ1n) is 7.71. The van der Waals surface area contributed by atoms with Crippen LogP contribution in [-0.2, 0) is 10.0 Å². The number of halogens is 1. The van der Waals surface area contributed by atoms with Gasteiger partial charge in [-0.3, -0.25) is 9.82 Å². The maximum Gasteiger partial charge on any atom is 0.265 e. The van der Waals surface area contributed by atoms with Gasteiger partial charge in [-0.2, -0.15) is 5.10 Å². The molecule has 2 aromatic heterocycles. The number of aromatic nitrogens is 3. The molecule has 0 bridgehead atoms. The summed E-state index contributed by atoms with van der Waals surface area (Å²) in [6.07, 6.45) is 1.62. The molecule has 0 fully saturated rings. The number of hydrogen-bond acceptors (Lipinski definition) is 5. The number of nitrogens with zero attached hydrogens (tertiary/aromatic N) is 2. The Labute approximate surface area is 160 Å². The molecular weight excluding hydrogens is 420 g/mol. The molecule has 9 heteroatoms. The van der Waals surface area contributed by atoms with E-state index < -0.39 is 10.0 Å². The molecule has 26 heavy (non-hydrogen) atoms. The van der Waals surface area contributed by atoms with E-state index in [1.165, 1.54) is 0 Å². The van der Waals surface area contributed by atoms with Crippen LogP contribution in [0, 0.1) is 20.8 Å². The molecule has 1 aromatic carbocycles. The van der Waals surface area contributed by atoms with Crippen molar-refractivity contribution in [2.24, 2.45) is 0 Å². The van der Waals surface area contributed by atoms with Crippen molar-refractivity contribution in [2.75, 3.05) is 4.72 Å². The summed E-state index contributed by atoms with van der Waals surface area (Å²) >= 11 is 3.38. The third-order valence-electron chi connectivity index (χ3n) is 3.70. The van der Waals surface area contributed by atoms with Crippen molar-refractivity contribution in [1.29, 1.82) is 0 Å². The molecule has 0 aliphatic rings. The first-order chi connectivity index (χ1) is 12.3. The highest BCUT2D eigenvalue weighted by atomic mass is 79.9. The van der Waals surface area contributed by atoms with Gasteiger partial charge in [0.15, 0.2) is 0 Å². The summed E-state index contributed by atoms with van der Waals surface area (Å²) in [4.78, 5) is 4.31. The maximum absolute atomic E-state index is 12.7. The van der Waals surface area contributed by atoms with Crippen LogP contribution in [0.2, 0.25) is 0 Å². The average Bonchev–Trinajstić information content (AvgIpc) is 2.92. The first-order valence-corrected chi connectivity index (χ1v) is 9.99. The SMILES string of the molecule is Cc1ccc(NS(=O)(=O)c2c(C)n[nH]c2C)cc1Oc1ncccc1Br. The van der Waals surface area contributed by atoms with Crippen LogP contribution >= 0.6 is 15.9 Å². The molecule has 2 heterocycles. The number of benzene rings is 1. The van der Waals surface area contributed by atoms with Gasteiger partial charge in [-0.15, -0.1) is 0 Å². The van der Waals surface area contributed by atoms with Gasteiger partial charge in [0.2, 0.25) is 5.88 Å². The fraction of sp³-hybridized carbons (Fsp3) is 0.176. The highest BCUT2D eigenvalue weighted by Gasteiger charge is 2.22. The number of H-pyrrole nitrogens is 1. The van der Waals surface area contributed by atoms with Gasteiger partial charge in [0.05, 0.1) is 21.5 Å². The van der Waals surface area contributed by atoms with Gasteiger partial charge in [-0.05, 0) is 60.5 Å². The van der Waals surface area contributed by atoms with E-state index in [9.17, 15) is 8.42 Å². The normalized spacial score (nSPS) is 11.4. The third kappa shape index (κ3) is 3.73. The predicted octanol–water partition coefficient (Wildman–Crippen LogP) is 4.09. The van der Waals surface area contributed by atoms with E-state index in [1.807, 2.05) is 13.0 Å². The molecule has 0 amide bonds. The minimum atomic E-state index is -3.77. The van der Waals surface area contributed by atoms with Crippen LogP contribution in [0.15, 0.2) is 45.9 Å². The van der Waals surface area contributed by atoms with Crippen molar-refractivity contribution < 1.29 is 13.2 Å². The highest BCUT2D eigenvalue weighted by Crippen LogP contribution is 2.32. The Hall–Kier alpha value is -2.39. The van der Waals surface area contributed by atoms with Gasteiger partial charge in [0.25, 0.3) is 10.0 Å². The zero-order valence-corrected chi connectivity index (χ0v) is 16.8. The molecule has 0 spiro atoms. The molecule has 2 N–H and O–H groups in total. The van der Waals surface area contributed by atoms with E-state index in [1.54, 1.807) is 44.3 Å². The lowest BCUT2D eigenvalue weighted by Crippen LogP contribution is -2.14. The van der Waals surface area contributed by atoms with Crippen molar-refractivity contribution >= 4 is 31.6 Å². The zero-order valence-electron chi connectivity index (χ0n) is 14.4. The summed E-state index contributed by atoms with van der Waals surface area (Å²) in [6, 6.07) is 8.68. The van der Waals surface area contributed by atoms with Crippen LogP contribution in [0.25, 0.3) is 0 Å². The standard InChI is InChI=1S/C17H17BrN4O3S/c1-10-6-7-13(9-15(10)25-17-14(18)5-4-8-19-17)22-26(23,24)16-11(2)20-21-12(16)3/h4-9,22H,1-3H3,(H,20,21). The molecule has 7 nitrogen and oxygen atoms in total. The Morgan fingerprint density at radius 1 is 1.19 bits per heavy atom. The second kappa shape index (κ2) is 7.08. The number of pyridine rings is 1. The lowest BCUT2D eigenvalue weighted by atomic mass is 10.2. The first kappa shape index (κ1) is 18.4. The zero-order chi connectivity index (χ0) is 18.9. The van der Waals surface area contributed by atoms with E-state index in [2.05, 4.69) is 35.8 Å². The van der Waals surface area contributed by atoms with E-state index in [-0.39, 0.29) is 4.90 Å². The molecule has 0 atom stereocenters. The lowest BCUT2D eigenvalue weighted by Gasteiger charge is -2.13. The van der Waals surface area contributed by atoms with Crippen LogP contribution in [0.4, 0.5) is 5.69 Å². The number of sulfonamides is 1. The Bertz CT molecular complexity index is 1040. The van der Waals surface area contributed by atoms with Crippen LogP contribution in [0.1, 0.15) is 17.0 Å². The van der Waals surface area contributed by atoms with Crippen LogP contribution < -0.4 is 9.46 Å². The number of nitrogens with one attached hydrogen (secondary N) is 2. The van der Waals surface area contributed by atoms with Crippen LogP contribution in [0.3, 0.4) is 0 Å². The predicted molar refractivity (Wildman–Crippen MR) is 102 cm³/mol. The molecule has 136 valence electrons. The van der Waals surface area contributed by atoms with E-state index in [0.29, 0.717) is 33.2 Å². The smallest absolute Gasteiger partial charge is 0.265 e. The second-order valence-electron chi connectivity index (χ2n) is 5.74. The quantitative estimate of drug-likeness (QED) is 0.627. The Morgan fingerprint density at radius 3 is 2.62 bits per heavy atom. The number of aromatic amines is 1. The summed E-state index contributed by atoms with van der Waals surface area (Å²) < 4.78 is 34.5. The molecule has 0 saturated carbocycles. The maximum atomic E-state index is 12.7. The molecule has 0 saturated heterocycles. The monoisotopic (exact) mass is 436 g/mol. The van der Waals surface area contributed by atoms with Gasteiger partial charge >= 0.3 is 0 Å². The van der Waals surface area contributed by atoms with E-state index >= 15 is 0 Å². The lowest BCUT2D eigenvalue weighted by molar-refractivity contribution is 0.456. The topological polar surface area (TPSA) is 97.0 Å². The van der Waals surface area contributed by atoms with Gasteiger partial charge in [-0.25, -0.2) is 13.4 Å². The summed E-state index contributed by atoms with van der Waals surface area (Å²) in [6.45, 7) is 5.17. The van der Waals surface area contributed by atoms with Crippen molar-refractivity contribution in [3.63, 3.8) is 0 Å². The van der Waals surface area contributed by atoms with Crippen LogP contribution in [-0.4, -0.2) is 23.6 Å². The van der Waals surface area contributed by atoms with E-state index in [4.69, 9.17) is 4.74 Å². The minimum absolute atomic E-state index is 0.146. The van der Waals surface area contributed by atoms with Crippen molar-refractivity contribution in [3.05, 3.63) is 58.0 Å². The molecule has 0 aliphatic carbocycles. The Morgan fingerprint density at radius 2 is 1.96 bits per heavy atom. The van der Waals surface area contributed by atoms with E-state index in [0.717, 1.165) is 5.56 Å². The Balaban J connectivity index is 1.92. The summed E-state index contributed by atoms with van der Waals surface area (Å²) in [5.41, 5.74) is 2.13. The number of anilines is 1. The summed E-state index contributed by atoms with van der Waals surface area (Å²) in [5, 5.41) is 6.62.